The molecular formula is C23H26N4O3. The van der Waals surface area contributed by atoms with Gasteiger partial charge in [0.15, 0.2) is 0 Å². The van der Waals surface area contributed by atoms with Crippen molar-refractivity contribution in [3.8, 4) is 0 Å². The Kier molecular flexibility index (Phi) is 5.92. The summed E-state index contributed by atoms with van der Waals surface area (Å²) in [4.78, 5) is 38.4. The Morgan fingerprint density at radius 1 is 1.10 bits per heavy atom. The van der Waals surface area contributed by atoms with Gasteiger partial charge in [-0.15, -0.1) is 0 Å². The summed E-state index contributed by atoms with van der Waals surface area (Å²) in [6, 6.07) is 15.6. The molecule has 0 bridgehead atoms. The van der Waals surface area contributed by atoms with Crippen molar-refractivity contribution in [2.24, 2.45) is 0 Å². The fraction of sp³-hybridized carbons (Fsp3) is 0.348. The smallest absolute Gasteiger partial charge is 0.255 e. The third-order valence-corrected chi connectivity index (χ3v) is 5.85. The van der Waals surface area contributed by atoms with Crippen molar-refractivity contribution in [3.63, 3.8) is 0 Å². The Balaban J connectivity index is 1.44. The van der Waals surface area contributed by atoms with Crippen molar-refractivity contribution < 1.29 is 14.4 Å². The summed E-state index contributed by atoms with van der Waals surface area (Å²) in [5.41, 5.74) is 3.73. The van der Waals surface area contributed by atoms with E-state index in [0.717, 1.165) is 17.7 Å². The molecule has 2 atom stereocenters. The first-order valence-corrected chi connectivity index (χ1v) is 10.3. The minimum Gasteiger partial charge on any atom is -0.322 e. The summed E-state index contributed by atoms with van der Waals surface area (Å²) in [5.74, 6) is -0.792. The minimum absolute atomic E-state index is 0.134. The van der Waals surface area contributed by atoms with Crippen molar-refractivity contribution in [2.75, 3.05) is 13.6 Å². The highest BCUT2D eigenvalue weighted by molar-refractivity contribution is 6.05. The normalized spacial score (nSPS) is 19.6. The third kappa shape index (κ3) is 3.99. The largest absolute Gasteiger partial charge is 0.322 e. The maximum absolute atomic E-state index is 13.1. The van der Waals surface area contributed by atoms with Crippen LogP contribution < -0.4 is 16.0 Å². The number of piperidine rings is 1. The van der Waals surface area contributed by atoms with Gasteiger partial charge in [0.1, 0.15) is 6.04 Å². The van der Waals surface area contributed by atoms with Crippen LogP contribution >= 0.6 is 0 Å². The number of amides is 3. The SMILES string of the molecule is CNC(CNCc1cccc2c1C(=O)N(C1CCC(=O)NC1=O)C2)c1ccccc1. The van der Waals surface area contributed by atoms with E-state index in [9.17, 15) is 14.4 Å². The van der Waals surface area contributed by atoms with Gasteiger partial charge in [-0.05, 0) is 30.2 Å². The molecule has 0 radical (unpaired) electrons. The van der Waals surface area contributed by atoms with Gasteiger partial charge in [0.25, 0.3) is 5.91 Å². The number of hydrogen-bond donors (Lipinski definition) is 3. The number of likely N-dealkylation sites (N-methyl/N-ethyl adjacent to an activating group) is 1. The lowest BCUT2D eigenvalue weighted by Crippen LogP contribution is -2.52. The molecule has 0 spiro atoms. The predicted molar refractivity (Wildman–Crippen MR) is 112 cm³/mol. The molecular weight excluding hydrogens is 380 g/mol. The summed E-state index contributed by atoms with van der Waals surface area (Å²) in [5, 5.41) is 9.11. The number of imide groups is 1. The highest BCUT2D eigenvalue weighted by atomic mass is 16.2. The maximum Gasteiger partial charge on any atom is 0.255 e. The molecule has 3 amide bonds. The average molecular weight is 406 g/mol. The Morgan fingerprint density at radius 2 is 1.90 bits per heavy atom. The zero-order valence-electron chi connectivity index (χ0n) is 17.0. The van der Waals surface area contributed by atoms with Crippen molar-refractivity contribution in [1.29, 1.82) is 0 Å². The molecule has 156 valence electrons. The molecule has 1 fully saturated rings. The van der Waals surface area contributed by atoms with Crippen LogP contribution in [-0.4, -0.2) is 42.3 Å². The number of hydrogen-bond acceptors (Lipinski definition) is 5. The van der Waals surface area contributed by atoms with Gasteiger partial charge in [0.2, 0.25) is 11.8 Å². The van der Waals surface area contributed by atoms with Crippen LogP contribution in [0.1, 0.15) is 45.9 Å². The van der Waals surface area contributed by atoms with E-state index >= 15 is 0 Å². The molecule has 0 aliphatic carbocycles. The molecule has 0 aromatic heterocycles. The topological polar surface area (TPSA) is 90.5 Å². The van der Waals surface area contributed by atoms with Crippen molar-refractivity contribution in [1.82, 2.24) is 20.9 Å². The fourth-order valence-electron chi connectivity index (χ4n) is 4.26. The summed E-state index contributed by atoms with van der Waals surface area (Å²) in [6.45, 7) is 1.68. The Bertz CT molecular complexity index is 960. The first-order chi connectivity index (χ1) is 14.6. The van der Waals surface area contributed by atoms with Crippen molar-refractivity contribution >= 4 is 17.7 Å². The maximum atomic E-state index is 13.1. The molecule has 2 unspecified atom stereocenters. The van der Waals surface area contributed by atoms with Crippen LogP contribution in [0, 0.1) is 0 Å². The average Bonchev–Trinajstić information content (AvgIpc) is 3.09. The van der Waals surface area contributed by atoms with Crippen LogP contribution in [0.25, 0.3) is 0 Å². The molecule has 2 aliphatic heterocycles. The van der Waals surface area contributed by atoms with E-state index in [1.165, 1.54) is 5.56 Å². The minimum atomic E-state index is -0.588. The molecule has 7 heteroatoms. The van der Waals surface area contributed by atoms with Gasteiger partial charge in [-0.3, -0.25) is 19.7 Å². The van der Waals surface area contributed by atoms with E-state index in [4.69, 9.17) is 0 Å². The second kappa shape index (κ2) is 8.77. The number of benzene rings is 2. The monoisotopic (exact) mass is 406 g/mol. The molecule has 1 saturated heterocycles. The van der Waals surface area contributed by atoms with Gasteiger partial charge in [0.05, 0.1) is 0 Å². The van der Waals surface area contributed by atoms with Gasteiger partial charge < -0.3 is 15.5 Å². The van der Waals surface area contributed by atoms with Crippen LogP contribution in [0.15, 0.2) is 48.5 Å². The second-order valence-electron chi connectivity index (χ2n) is 7.73. The lowest BCUT2D eigenvalue weighted by Gasteiger charge is -2.29. The molecule has 3 N–H and O–H groups in total. The summed E-state index contributed by atoms with van der Waals surface area (Å²) in [6.07, 6.45) is 0.634. The van der Waals surface area contributed by atoms with E-state index in [-0.39, 0.29) is 30.2 Å². The molecule has 2 aliphatic rings. The molecule has 2 aromatic carbocycles. The van der Waals surface area contributed by atoms with Crippen LogP contribution in [0.5, 0.6) is 0 Å². The number of carbonyl (C=O) groups is 3. The van der Waals surface area contributed by atoms with Crippen LogP contribution in [0.4, 0.5) is 0 Å². The summed E-state index contributed by atoms with van der Waals surface area (Å²) in [7, 11) is 1.93. The van der Waals surface area contributed by atoms with E-state index in [1.807, 2.05) is 43.4 Å². The Morgan fingerprint density at radius 3 is 2.63 bits per heavy atom. The molecule has 7 nitrogen and oxygen atoms in total. The molecule has 30 heavy (non-hydrogen) atoms. The van der Waals surface area contributed by atoms with Crippen molar-refractivity contribution in [3.05, 3.63) is 70.8 Å². The Labute approximate surface area is 175 Å². The zero-order chi connectivity index (χ0) is 21.1. The number of carbonyl (C=O) groups excluding carboxylic acids is 3. The third-order valence-electron chi connectivity index (χ3n) is 5.85. The number of fused-ring (bicyclic) bond motifs is 1. The second-order valence-corrected chi connectivity index (χ2v) is 7.73. The van der Waals surface area contributed by atoms with Crippen LogP contribution in [0.3, 0.4) is 0 Å². The predicted octanol–water partition coefficient (Wildman–Crippen LogP) is 1.50. The number of rotatable bonds is 7. The summed E-state index contributed by atoms with van der Waals surface area (Å²) < 4.78 is 0. The highest BCUT2D eigenvalue weighted by Crippen LogP contribution is 2.29. The Hall–Kier alpha value is -3.03. The molecule has 4 rings (SSSR count). The fourth-order valence-corrected chi connectivity index (χ4v) is 4.26. The van der Waals surface area contributed by atoms with Crippen LogP contribution in [-0.2, 0) is 22.7 Å². The van der Waals surface area contributed by atoms with Gasteiger partial charge in [-0.25, -0.2) is 0 Å². The van der Waals surface area contributed by atoms with Crippen molar-refractivity contribution in [2.45, 2.75) is 38.0 Å². The standard InChI is InChI=1S/C23H26N4O3/c1-24-18(15-6-3-2-4-7-15)13-25-12-16-8-5-9-17-14-27(23(30)21(16)17)19-10-11-20(28)26-22(19)29/h2-9,18-19,24-25H,10-14H2,1H3,(H,26,28,29). The first kappa shape index (κ1) is 20.3. The van der Waals surface area contributed by atoms with Gasteiger partial charge in [0, 0.05) is 37.7 Å². The molecule has 0 saturated carbocycles. The van der Waals surface area contributed by atoms with Gasteiger partial charge in [-0.2, -0.15) is 0 Å². The van der Waals surface area contributed by atoms with Gasteiger partial charge >= 0.3 is 0 Å². The highest BCUT2D eigenvalue weighted by Gasteiger charge is 2.39. The zero-order valence-corrected chi connectivity index (χ0v) is 17.0. The lowest BCUT2D eigenvalue weighted by molar-refractivity contribution is -0.136. The molecule has 2 heterocycles. The molecule has 2 aromatic rings. The summed E-state index contributed by atoms with van der Waals surface area (Å²) >= 11 is 0. The van der Waals surface area contributed by atoms with E-state index in [1.54, 1.807) is 4.90 Å². The lowest BCUT2D eigenvalue weighted by atomic mass is 10.0. The number of nitrogens with zero attached hydrogens (tertiary/aromatic N) is 1. The van der Waals surface area contributed by atoms with E-state index in [0.29, 0.717) is 25.1 Å². The first-order valence-electron chi connectivity index (χ1n) is 10.3. The van der Waals surface area contributed by atoms with Crippen LogP contribution in [0.2, 0.25) is 0 Å². The number of nitrogens with one attached hydrogen (secondary N) is 3. The van der Waals surface area contributed by atoms with E-state index < -0.39 is 6.04 Å². The van der Waals surface area contributed by atoms with Gasteiger partial charge in [-0.1, -0.05) is 48.5 Å². The quantitative estimate of drug-likeness (QED) is 0.607. The van der Waals surface area contributed by atoms with E-state index in [2.05, 4.69) is 28.1 Å².